The number of rotatable bonds is 4. The summed E-state index contributed by atoms with van der Waals surface area (Å²) in [6.45, 7) is 8.86. The van der Waals surface area contributed by atoms with Gasteiger partial charge in [-0.2, -0.15) is 0 Å². The van der Waals surface area contributed by atoms with Crippen molar-refractivity contribution in [2.24, 2.45) is 0 Å². The summed E-state index contributed by atoms with van der Waals surface area (Å²) in [4.78, 5) is 30.2. The molecule has 1 aromatic heterocycles. The molecule has 0 spiro atoms. The molecule has 0 bridgehead atoms. The quantitative estimate of drug-likeness (QED) is 0.766. The second-order valence-corrected chi connectivity index (χ2v) is 8.50. The molecule has 0 aliphatic carbocycles. The van der Waals surface area contributed by atoms with Gasteiger partial charge in [-0.05, 0) is 37.8 Å². The number of ether oxygens (including phenoxy) is 2. The van der Waals surface area contributed by atoms with Gasteiger partial charge in [0.25, 0.3) is 5.91 Å². The zero-order valence-electron chi connectivity index (χ0n) is 17.5. The minimum Gasteiger partial charge on any atom is -0.427 e. The minimum atomic E-state index is -0.511. The second-order valence-electron chi connectivity index (χ2n) is 8.50. The maximum Gasteiger partial charge on any atom is 0.349 e. The van der Waals surface area contributed by atoms with Gasteiger partial charge in [0, 0.05) is 44.8 Å². The summed E-state index contributed by atoms with van der Waals surface area (Å²) in [5, 5.41) is 0. The van der Waals surface area contributed by atoms with Gasteiger partial charge in [0.2, 0.25) is 0 Å². The van der Waals surface area contributed by atoms with E-state index in [0.717, 1.165) is 38.8 Å². The SMILES string of the molecule is CCC[C@H]1COC[C@H]2CN(C(=O)c3c(C)cc(C4CCOCC4)oc3=O)CCN12. The lowest BCUT2D eigenvalue weighted by Crippen LogP contribution is -2.62. The Morgan fingerprint density at radius 1 is 1.17 bits per heavy atom. The normalized spacial score (nSPS) is 26.3. The van der Waals surface area contributed by atoms with Crippen molar-refractivity contribution < 1.29 is 18.7 Å². The summed E-state index contributed by atoms with van der Waals surface area (Å²) in [6, 6.07) is 2.51. The van der Waals surface area contributed by atoms with E-state index < -0.39 is 5.63 Å². The molecule has 0 saturated carbocycles. The molecule has 0 N–H and O–H groups in total. The molecular weight excluding hydrogens is 372 g/mol. The van der Waals surface area contributed by atoms with E-state index in [4.69, 9.17) is 13.9 Å². The lowest BCUT2D eigenvalue weighted by molar-refractivity contribution is -0.0776. The predicted octanol–water partition coefficient (Wildman–Crippen LogP) is 2.17. The lowest BCUT2D eigenvalue weighted by atomic mass is 9.95. The van der Waals surface area contributed by atoms with E-state index in [9.17, 15) is 9.59 Å². The highest BCUT2D eigenvalue weighted by Crippen LogP contribution is 2.28. The van der Waals surface area contributed by atoms with Crippen molar-refractivity contribution in [1.29, 1.82) is 0 Å². The van der Waals surface area contributed by atoms with Crippen molar-refractivity contribution in [2.45, 2.75) is 57.5 Å². The van der Waals surface area contributed by atoms with E-state index >= 15 is 0 Å². The predicted molar refractivity (Wildman–Crippen MR) is 108 cm³/mol. The van der Waals surface area contributed by atoms with Crippen LogP contribution in [0, 0.1) is 6.92 Å². The molecule has 4 rings (SSSR count). The van der Waals surface area contributed by atoms with Crippen LogP contribution in [0.1, 0.15) is 60.2 Å². The van der Waals surface area contributed by atoms with Crippen molar-refractivity contribution in [1.82, 2.24) is 9.80 Å². The van der Waals surface area contributed by atoms with Gasteiger partial charge in [-0.3, -0.25) is 9.69 Å². The van der Waals surface area contributed by atoms with Crippen LogP contribution in [0.2, 0.25) is 0 Å². The van der Waals surface area contributed by atoms with Crippen LogP contribution < -0.4 is 5.63 Å². The number of aryl methyl sites for hydroxylation is 1. The molecule has 0 aromatic carbocycles. The number of hydrogen-bond acceptors (Lipinski definition) is 6. The van der Waals surface area contributed by atoms with Crippen LogP contribution in [-0.2, 0) is 9.47 Å². The van der Waals surface area contributed by atoms with E-state index in [1.807, 2.05) is 13.0 Å². The van der Waals surface area contributed by atoms with E-state index in [2.05, 4.69) is 11.8 Å². The van der Waals surface area contributed by atoms with Crippen LogP contribution in [0.4, 0.5) is 0 Å². The summed E-state index contributed by atoms with van der Waals surface area (Å²) in [6.07, 6.45) is 3.93. The zero-order chi connectivity index (χ0) is 20.4. The fourth-order valence-electron chi connectivity index (χ4n) is 4.93. The molecule has 7 heteroatoms. The third-order valence-electron chi connectivity index (χ3n) is 6.53. The first-order chi connectivity index (χ1) is 14.1. The van der Waals surface area contributed by atoms with Gasteiger partial charge in [-0.15, -0.1) is 0 Å². The third-order valence-corrected chi connectivity index (χ3v) is 6.53. The number of fused-ring (bicyclic) bond motifs is 1. The molecule has 29 heavy (non-hydrogen) atoms. The Hall–Kier alpha value is -1.70. The molecule has 1 aromatic rings. The third kappa shape index (κ3) is 4.27. The van der Waals surface area contributed by atoms with E-state index in [-0.39, 0.29) is 23.4 Å². The molecule has 3 aliphatic rings. The lowest BCUT2D eigenvalue weighted by Gasteiger charge is -2.48. The molecule has 0 unspecified atom stereocenters. The number of hydrogen-bond donors (Lipinski definition) is 0. The van der Waals surface area contributed by atoms with E-state index in [1.165, 1.54) is 0 Å². The topological polar surface area (TPSA) is 72.2 Å². The summed E-state index contributed by atoms with van der Waals surface area (Å²) >= 11 is 0. The van der Waals surface area contributed by atoms with Gasteiger partial charge in [-0.1, -0.05) is 13.3 Å². The molecule has 7 nitrogen and oxygen atoms in total. The molecule has 3 fully saturated rings. The van der Waals surface area contributed by atoms with Crippen LogP contribution in [-0.4, -0.2) is 73.9 Å². The fourth-order valence-corrected chi connectivity index (χ4v) is 4.93. The largest absolute Gasteiger partial charge is 0.427 e. The summed E-state index contributed by atoms with van der Waals surface area (Å²) in [5.41, 5.74) is 0.373. The maximum atomic E-state index is 13.2. The second kappa shape index (κ2) is 8.98. The van der Waals surface area contributed by atoms with E-state index in [1.54, 1.807) is 4.90 Å². The molecule has 3 aliphatic heterocycles. The molecule has 2 atom stereocenters. The highest BCUT2D eigenvalue weighted by Gasteiger charge is 2.37. The van der Waals surface area contributed by atoms with Crippen molar-refractivity contribution in [3.63, 3.8) is 0 Å². The van der Waals surface area contributed by atoms with Gasteiger partial charge in [0.15, 0.2) is 0 Å². The molecule has 0 radical (unpaired) electrons. The average Bonchev–Trinajstić information content (AvgIpc) is 2.74. The smallest absolute Gasteiger partial charge is 0.349 e. The van der Waals surface area contributed by atoms with Gasteiger partial charge in [0.05, 0.1) is 19.3 Å². The standard InChI is InChI=1S/C22H32N2O5/c1-3-4-17-13-28-14-18-12-23(7-8-24(17)18)21(25)20-15(2)11-19(29-22(20)26)16-5-9-27-10-6-16/h11,16-18H,3-10,12-14H2,1-2H3/t17-,18+/m0/s1. The number of amides is 1. The molecule has 3 saturated heterocycles. The monoisotopic (exact) mass is 404 g/mol. The van der Waals surface area contributed by atoms with Crippen LogP contribution >= 0.6 is 0 Å². The Morgan fingerprint density at radius 2 is 1.97 bits per heavy atom. The molecule has 160 valence electrons. The zero-order valence-corrected chi connectivity index (χ0v) is 17.5. The average molecular weight is 405 g/mol. The highest BCUT2D eigenvalue weighted by molar-refractivity contribution is 5.95. The summed E-state index contributed by atoms with van der Waals surface area (Å²) in [7, 11) is 0. The summed E-state index contributed by atoms with van der Waals surface area (Å²) < 4.78 is 16.8. The van der Waals surface area contributed by atoms with Crippen LogP contribution in [0.3, 0.4) is 0 Å². The van der Waals surface area contributed by atoms with Crippen molar-refractivity contribution in [3.8, 4) is 0 Å². The minimum absolute atomic E-state index is 0.177. The molecular formula is C22H32N2O5. The molecule has 1 amide bonds. The Kier molecular flexibility index (Phi) is 6.37. The number of carbonyl (C=O) groups excluding carboxylic acids is 1. The number of carbonyl (C=O) groups is 1. The van der Waals surface area contributed by atoms with Crippen LogP contribution in [0.5, 0.6) is 0 Å². The Labute approximate surface area is 171 Å². The van der Waals surface area contributed by atoms with E-state index in [0.29, 0.717) is 50.3 Å². The van der Waals surface area contributed by atoms with Gasteiger partial charge < -0.3 is 18.8 Å². The van der Waals surface area contributed by atoms with Gasteiger partial charge in [0.1, 0.15) is 11.3 Å². The molecule has 4 heterocycles. The first-order valence-electron chi connectivity index (χ1n) is 10.9. The number of morpholine rings is 1. The summed E-state index contributed by atoms with van der Waals surface area (Å²) in [5.74, 6) is 0.657. The Balaban J connectivity index is 1.49. The maximum absolute atomic E-state index is 13.2. The van der Waals surface area contributed by atoms with Crippen molar-refractivity contribution >= 4 is 5.91 Å². The fraction of sp³-hybridized carbons (Fsp3) is 0.727. The first-order valence-corrected chi connectivity index (χ1v) is 10.9. The van der Waals surface area contributed by atoms with Gasteiger partial charge in [-0.25, -0.2) is 4.79 Å². The van der Waals surface area contributed by atoms with Crippen LogP contribution in [0.25, 0.3) is 0 Å². The highest BCUT2D eigenvalue weighted by atomic mass is 16.5. The van der Waals surface area contributed by atoms with Crippen molar-refractivity contribution in [3.05, 3.63) is 33.4 Å². The van der Waals surface area contributed by atoms with Crippen LogP contribution in [0.15, 0.2) is 15.3 Å². The van der Waals surface area contributed by atoms with Gasteiger partial charge >= 0.3 is 5.63 Å². The number of nitrogens with zero attached hydrogens (tertiary/aromatic N) is 2. The first kappa shape index (κ1) is 20.6. The Bertz CT molecular complexity index is 784. The Morgan fingerprint density at radius 3 is 2.69 bits per heavy atom. The number of piperazine rings is 1. The van der Waals surface area contributed by atoms with Crippen molar-refractivity contribution in [2.75, 3.05) is 46.1 Å².